The Bertz CT molecular complexity index is 732. The molecular formula is C19H25FN2O3S. The van der Waals surface area contributed by atoms with Crippen LogP contribution in [0.1, 0.15) is 39.2 Å². The van der Waals surface area contributed by atoms with Gasteiger partial charge in [-0.3, -0.25) is 9.79 Å². The first-order chi connectivity index (χ1) is 12.2. The number of halogens is 1. The van der Waals surface area contributed by atoms with E-state index in [4.69, 9.17) is 20.2 Å². The largest absolute Gasteiger partial charge is 0.460 e. The molecule has 2 N–H and O–H groups in total. The summed E-state index contributed by atoms with van der Waals surface area (Å²) in [5, 5.41) is 0.680. The van der Waals surface area contributed by atoms with Crippen LogP contribution >= 0.6 is 11.8 Å². The van der Waals surface area contributed by atoms with E-state index >= 15 is 0 Å². The highest BCUT2D eigenvalue weighted by molar-refractivity contribution is 8.14. The van der Waals surface area contributed by atoms with Gasteiger partial charge in [-0.15, -0.1) is 11.8 Å². The number of hydrogen-bond acceptors (Lipinski definition) is 6. The van der Waals surface area contributed by atoms with Gasteiger partial charge in [-0.25, -0.2) is 4.39 Å². The molecule has 0 amide bonds. The van der Waals surface area contributed by atoms with Crippen LogP contribution in [0.3, 0.4) is 0 Å². The number of nitrogen functional groups attached to an aromatic ring is 1. The molecule has 7 heteroatoms. The van der Waals surface area contributed by atoms with Crippen molar-refractivity contribution in [3.8, 4) is 0 Å². The maximum absolute atomic E-state index is 14.7. The minimum Gasteiger partial charge on any atom is -0.460 e. The third kappa shape index (κ3) is 4.04. The van der Waals surface area contributed by atoms with Crippen molar-refractivity contribution < 1.29 is 18.7 Å². The highest BCUT2D eigenvalue weighted by Gasteiger charge is 2.47. The van der Waals surface area contributed by atoms with Crippen LogP contribution in [-0.2, 0) is 19.8 Å². The maximum Gasteiger partial charge on any atom is 0.312 e. The molecule has 0 aromatic heterocycles. The number of rotatable bonds is 3. The molecule has 142 valence electrons. The third-order valence-electron chi connectivity index (χ3n) is 4.57. The van der Waals surface area contributed by atoms with Gasteiger partial charge in [0.15, 0.2) is 0 Å². The minimum absolute atomic E-state index is 0.0416. The number of ether oxygens (including phenoxy) is 2. The quantitative estimate of drug-likeness (QED) is 0.642. The Labute approximate surface area is 157 Å². The number of nitrogens with two attached hydrogens (primary N) is 1. The van der Waals surface area contributed by atoms with Gasteiger partial charge >= 0.3 is 5.97 Å². The summed E-state index contributed by atoms with van der Waals surface area (Å²) >= 11 is 1.52. The second kappa shape index (κ2) is 7.19. The average molecular weight is 380 g/mol. The molecule has 1 saturated heterocycles. The summed E-state index contributed by atoms with van der Waals surface area (Å²) in [5.74, 6) is 0.117. The number of benzene rings is 1. The minimum atomic E-state index is -0.736. The second-order valence-corrected chi connectivity index (χ2v) is 8.86. The Kier molecular flexibility index (Phi) is 5.30. The zero-order valence-electron chi connectivity index (χ0n) is 15.4. The number of carbonyl (C=O) groups excluding carboxylic acids is 1. The van der Waals surface area contributed by atoms with Crippen LogP contribution in [0.15, 0.2) is 23.2 Å². The predicted molar refractivity (Wildman–Crippen MR) is 102 cm³/mol. The first kappa shape index (κ1) is 19.2. The molecular weight excluding hydrogens is 355 g/mol. The second-order valence-electron chi connectivity index (χ2n) is 7.77. The molecule has 26 heavy (non-hydrogen) atoms. The van der Waals surface area contributed by atoms with Crippen LogP contribution in [0.25, 0.3) is 0 Å². The van der Waals surface area contributed by atoms with Crippen LogP contribution in [0.5, 0.6) is 0 Å². The number of nitrogens with zero attached hydrogens (tertiary/aromatic N) is 1. The summed E-state index contributed by atoms with van der Waals surface area (Å²) in [7, 11) is 0. The lowest BCUT2D eigenvalue weighted by atomic mass is 9.75. The van der Waals surface area contributed by atoms with Crippen LogP contribution < -0.4 is 5.73 Å². The number of fused-ring (bicyclic) bond motifs is 1. The van der Waals surface area contributed by atoms with E-state index in [0.29, 0.717) is 35.9 Å². The topological polar surface area (TPSA) is 73.9 Å². The van der Waals surface area contributed by atoms with Crippen molar-refractivity contribution in [2.24, 2.45) is 10.9 Å². The monoisotopic (exact) mass is 380 g/mol. The van der Waals surface area contributed by atoms with E-state index in [2.05, 4.69) is 0 Å². The Morgan fingerprint density at radius 1 is 1.50 bits per heavy atom. The summed E-state index contributed by atoms with van der Waals surface area (Å²) in [6.07, 6.45) is 0.664. The summed E-state index contributed by atoms with van der Waals surface area (Å²) < 4.78 is 25.7. The van der Waals surface area contributed by atoms with E-state index in [1.807, 2.05) is 20.8 Å². The fourth-order valence-corrected chi connectivity index (χ4v) is 4.67. The summed E-state index contributed by atoms with van der Waals surface area (Å²) in [6, 6.07) is 4.60. The highest BCUT2D eigenvalue weighted by Crippen LogP contribution is 2.47. The Hall–Kier alpha value is -1.60. The number of thioether (sulfide) groups is 1. The molecule has 0 bridgehead atoms. The van der Waals surface area contributed by atoms with Crippen molar-refractivity contribution >= 4 is 28.5 Å². The van der Waals surface area contributed by atoms with Gasteiger partial charge in [0.2, 0.25) is 0 Å². The fraction of sp³-hybridized carbons (Fsp3) is 0.579. The SMILES string of the molecule is CC(C)(C)OC(=O)CC1=N[C@@]2(c3cc(N)ccc3F)CCOC[C@H]2CS1. The number of hydrogen-bond donors (Lipinski definition) is 1. The zero-order valence-corrected chi connectivity index (χ0v) is 16.2. The highest BCUT2D eigenvalue weighted by atomic mass is 32.2. The molecule has 2 aliphatic heterocycles. The van der Waals surface area contributed by atoms with E-state index in [9.17, 15) is 9.18 Å². The fourth-order valence-electron chi connectivity index (χ4n) is 3.46. The molecule has 5 nitrogen and oxygen atoms in total. The molecule has 1 fully saturated rings. The van der Waals surface area contributed by atoms with Gasteiger partial charge in [-0.1, -0.05) is 0 Å². The van der Waals surface area contributed by atoms with E-state index in [1.165, 1.54) is 17.8 Å². The van der Waals surface area contributed by atoms with E-state index in [0.717, 1.165) is 5.75 Å². The van der Waals surface area contributed by atoms with Gasteiger partial charge in [-0.2, -0.15) is 0 Å². The number of anilines is 1. The van der Waals surface area contributed by atoms with Gasteiger partial charge in [0, 0.05) is 35.9 Å². The average Bonchev–Trinajstić information content (AvgIpc) is 2.55. The van der Waals surface area contributed by atoms with Gasteiger partial charge in [0.05, 0.1) is 23.6 Å². The predicted octanol–water partition coefficient (Wildman–Crippen LogP) is 3.52. The van der Waals surface area contributed by atoms with E-state index < -0.39 is 11.1 Å². The molecule has 0 radical (unpaired) electrons. The third-order valence-corrected chi connectivity index (χ3v) is 5.71. The van der Waals surface area contributed by atoms with Crippen LogP contribution in [-0.4, -0.2) is 35.6 Å². The first-order valence-corrected chi connectivity index (χ1v) is 9.75. The normalized spacial score (nSPS) is 26.0. The molecule has 1 aromatic rings. The van der Waals surface area contributed by atoms with Gasteiger partial charge in [0.25, 0.3) is 0 Å². The lowest BCUT2D eigenvalue weighted by Gasteiger charge is -2.44. The van der Waals surface area contributed by atoms with E-state index in [1.54, 1.807) is 12.1 Å². The van der Waals surface area contributed by atoms with Crippen molar-refractivity contribution in [2.75, 3.05) is 24.7 Å². The van der Waals surface area contributed by atoms with Crippen molar-refractivity contribution in [3.05, 3.63) is 29.6 Å². The van der Waals surface area contributed by atoms with Gasteiger partial charge < -0.3 is 15.2 Å². The Morgan fingerprint density at radius 2 is 2.27 bits per heavy atom. The van der Waals surface area contributed by atoms with Crippen LogP contribution in [0, 0.1) is 11.7 Å². The van der Waals surface area contributed by atoms with Crippen molar-refractivity contribution in [2.45, 2.75) is 44.8 Å². The van der Waals surface area contributed by atoms with E-state index in [-0.39, 0.29) is 24.1 Å². The van der Waals surface area contributed by atoms with Crippen molar-refractivity contribution in [1.29, 1.82) is 0 Å². The molecule has 2 aliphatic rings. The molecule has 3 rings (SSSR count). The van der Waals surface area contributed by atoms with Crippen molar-refractivity contribution in [1.82, 2.24) is 0 Å². The lowest BCUT2D eigenvalue weighted by molar-refractivity contribution is -0.153. The number of esters is 1. The standard InChI is InChI=1S/C19H25FN2O3S/c1-18(2,3)25-17(23)9-16-22-19(6-7-24-10-12(19)11-26-16)14-8-13(21)4-5-15(14)20/h4-5,8,12H,6-7,9-11,21H2,1-3H3/t12-,19-/m0/s1. The van der Waals surface area contributed by atoms with Gasteiger partial charge in [0.1, 0.15) is 11.4 Å². The Morgan fingerprint density at radius 3 is 3.00 bits per heavy atom. The van der Waals surface area contributed by atoms with Crippen molar-refractivity contribution in [3.63, 3.8) is 0 Å². The smallest absolute Gasteiger partial charge is 0.312 e. The lowest BCUT2D eigenvalue weighted by Crippen LogP contribution is -2.46. The van der Waals surface area contributed by atoms with Gasteiger partial charge in [-0.05, 0) is 39.0 Å². The summed E-state index contributed by atoms with van der Waals surface area (Å²) in [4.78, 5) is 17.1. The molecule has 2 atom stereocenters. The molecule has 0 aliphatic carbocycles. The maximum atomic E-state index is 14.7. The molecule has 0 spiro atoms. The summed E-state index contributed by atoms with van der Waals surface area (Å²) in [6.45, 7) is 6.51. The molecule has 0 saturated carbocycles. The van der Waals surface area contributed by atoms with Crippen LogP contribution in [0.4, 0.5) is 10.1 Å². The Balaban J connectivity index is 1.95. The first-order valence-electron chi connectivity index (χ1n) is 8.76. The number of carbonyl (C=O) groups is 1. The molecule has 2 heterocycles. The number of aliphatic imine (C=N–C) groups is 1. The summed E-state index contributed by atoms with van der Waals surface area (Å²) in [5.41, 5.74) is 5.63. The zero-order chi connectivity index (χ0) is 18.9. The van der Waals surface area contributed by atoms with Crippen LogP contribution in [0.2, 0.25) is 0 Å². The molecule has 0 unspecified atom stereocenters. The molecule has 1 aromatic carbocycles.